The van der Waals surface area contributed by atoms with Gasteiger partial charge in [0.05, 0.1) is 6.61 Å². The highest BCUT2D eigenvalue weighted by Crippen LogP contribution is 2.68. The number of ether oxygens (including phenoxy) is 1. The molecule has 4 aromatic carbocycles. The van der Waals surface area contributed by atoms with Crippen LogP contribution < -0.4 is 4.74 Å². The van der Waals surface area contributed by atoms with Crippen LogP contribution in [0.3, 0.4) is 0 Å². The standard InChI is InChI=1S/C34H40OS/c1-36(28-17-6-3-7-18-28,33-22-12-16-27-15-8-9-19-29(27)33)34-24-23-32(30-20-10-11-21-31(30)34)35-25-26-13-4-2-5-14-26/h8-12,15-16,19-24,26,28H,2-7,13-14,17-18,25H2,1H3. The molecule has 6 rings (SSSR count). The lowest BCUT2D eigenvalue weighted by molar-refractivity contribution is 0.210. The molecule has 2 aliphatic rings. The maximum Gasteiger partial charge on any atom is 0.127 e. The first-order valence-electron chi connectivity index (χ1n) is 14.1. The first-order chi connectivity index (χ1) is 17.7. The van der Waals surface area contributed by atoms with Gasteiger partial charge in [0.1, 0.15) is 5.75 Å². The van der Waals surface area contributed by atoms with E-state index in [1.807, 2.05) is 0 Å². The van der Waals surface area contributed by atoms with Crippen molar-refractivity contribution in [1.29, 1.82) is 0 Å². The van der Waals surface area contributed by atoms with Crippen LogP contribution in [0, 0.1) is 5.92 Å². The average Bonchev–Trinajstić information content (AvgIpc) is 2.96. The molecule has 1 atom stereocenters. The van der Waals surface area contributed by atoms with Crippen molar-refractivity contribution in [3.8, 4) is 5.75 Å². The lowest BCUT2D eigenvalue weighted by Crippen LogP contribution is -2.22. The van der Waals surface area contributed by atoms with Gasteiger partial charge >= 0.3 is 0 Å². The van der Waals surface area contributed by atoms with Crippen LogP contribution in [0.25, 0.3) is 21.5 Å². The van der Waals surface area contributed by atoms with E-state index < -0.39 is 10.0 Å². The van der Waals surface area contributed by atoms with E-state index in [-0.39, 0.29) is 0 Å². The third kappa shape index (κ3) is 4.43. The van der Waals surface area contributed by atoms with Crippen molar-refractivity contribution < 1.29 is 4.74 Å². The second kappa shape index (κ2) is 10.5. The van der Waals surface area contributed by atoms with Crippen molar-refractivity contribution in [1.82, 2.24) is 0 Å². The molecule has 0 aromatic heterocycles. The van der Waals surface area contributed by atoms with Crippen LogP contribution in [0.1, 0.15) is 64.2 Å². The Morgan fingerprint density at radius 3 is 2.00 bits per heavy atom. The van der Waals surface area contributed by atoms with Crippen LogP contribution in [0.2, 0.25) is 0 Å². The predicted molar refractivity (Wildman–Crippen MR) is 157 cm³/mol. The maximum atomic E-state index is 6.56. The molecular formula is C34H40OS. The van der Waals surface area contributed by atoms with Crippen molar-refractivity contribution in [2.75, 3.05) is 12.9 Å². The molecule has 188 valence electrons. The molecule has 1 nitrogen and oxygen atoms in total. The molecule has 2 saturated carbocycles. The first kappa shape index (κ1) is 23.9. The topological polar surface area (TPSA) is 9.23 Å². The highest BCUT2D eigenvalue weighted by molar-refractivity contribution is 8.34. The Morgan fingerprint density at radius 2 is 1.22 bits per heavy atom. The van der Waals surface area contributed by atoms with E-state index >= 15 is 0 Å². The van der Waals surface area contributed by atoms with Crippen LogP contribution in [-0.4, -0.2) is 18.1 Å². The van der Waals surface area contributed by atoms with Crippen molar-refractivity contribution >= 4 is 31.6 Å². The van der Waals surface area contributed by atoms with Crippen LogP contribution in [0.5, 0.6) is 5.75 Å². The second-order valence-corrected chi connectivity index (χ2v) is 14.7. The normalized spacial score (nSPS) is 20.2. The van der Waals surface area contributed by atoms with Gasteiger partial charge in [0.2, 0.25) is 0 Å². The molecule has 0 spiro atoms. The van der Waals surface area contributed by atoms with E-state index in [2.05, 4.69) is 85.1 Å². The van der Waals surface area contributed by atoms with Gasteiger partial charge in [0.15, 0.2) is 0 Å². The summed E-state index contributed by atoms with van der Waals surface area (Å²) in [6.07, 6.45) is 16.2. The number of rotatable bonds is 6. The molecule has 0 bridgehead atoms. The third-order valence-electron chi connectivity index (χ3n) is 8.93. The van der Waals surface area contributed by atoms with E-state index in [1.165, 1.54) is 85.8 Å². The fourth-order valence-electron chi connectivity index (χ4n) is 6.88. The van der Waals surface area contributed by atoms with Gasteiger partial charge < -0.3 is 4.74 Å². The van der Waals surface area contributed by atoms with Crippen LogP contribution in [0.4, 0.5) is 0 Å². The summed E-state index contributed by atoms with van der Waals surface area (Å²) in [5, 5.41) is 6.20. The van der Waals surface area contributed by atoms with Crippen LogP contribution in [-0.2, 0) is 0 Å². The fraction of sp³-hybridized carbons (Fsp3) is 0.412. The summed E-state index contributed by atoms with van der Waals surface area (Å²) in [7, 11) is -1.26. The molecule has 0 heterocycles. The molecule has 2 fully saturated rings. The van der Waals surface area contributed by atoms with E-state index in [9.17, 15) is 0 Å². The Kier molecular flexibility index (Phi) is 6.98. The molecule has 36 heavy (non-hydrogen) atoms. The smallest absolute Gasteiger partial charge is 0.127 e. The summed E-state index contributed by atoms with van der Waals surface area (Å²) in [5.74, 6) is 1.79. The van der Waals surface area contributed by atoms with Crippen molar-refractivity contribution in [3.05, 3.63) is 78.9 Å². The number of hydrogen-bond acceptors (Lipinski definition) is 1. The van der Waals surface area contributed by atoms with E-state index in [1.54, 1.807) is 9.79 Å². The predicted octanol–water partition coefficient (Wildman–Crippen LogP) is 10.1. The van der Waals surface area contributed by atoms with Crippen LogP contribution >= 0.6 is 10.0 Å². The Bertz CT molecular complexity index is 1330. The summed E-state index contributed by atoms with van der Waals surface area (Å²) in [4.78, 5) is 3.11. The molecule has 2 aliphatic carbocycles. The highest BCUT2D eigenvalue weighted by Gasteiger charge is 2.36. The zero-order valence-corrected chi connectivity index (χ0v) is 22.6. The molecule has 1 unspecified atom stereocenters. The maximum absolute atomic E-state index is 6.56. The van der Waals surface area contributed by atoms with Gasteiger partial charge in [-0.1, -0.05) is 99.2 Å². The largest absolute Gasteiger partial charge is 0.493 e. The van der Waals surface area contributed by atoms with Crippen molar-refractivity contribution in [3.63, 3.8) is 0 Å². The van der Waals surface area contributed by atoms with E-state index in [0.717, 1.165) is 17.6 Å². The zero-order valence-electron chi connectivity index (χ0n) is 21.8. The van der Waals surface area contributed by atoms with Gasteiger partial charge in [-0.05, 0) is 77.5 Å². The molecular weight excluding hydrogens is 456 g/mol. The SMILES string of the molecule is CS(c1cccc2ccccc12)(c1ccc(OCC2CCCCC2)c2ccccc12)C1CCCCC1. The first-order valence-corrected chi connectivity index (χ1v) is 16.3. The monoisotopic (exact) mass is 496 g/mol. The average molecular weight is 497 g/mol. The minimum absolute atomic E-state index is 0.714. The quantitative estimate of drug-likeness (QED) is 0.258. The molecule has 0 radical (unpaired) electrons. The second-order valence-electron chi connectivity index (χ2n) is 11.1. The zero-order chi connectivity index (χ0) is 24.4. The summed E-state index contributed by atoms with van der Waals surface area (Å²) in [6, 6.07) is 29.8. The lowest BCUT2D eigenvalue weighted by Gasteiger charge is -2.47. The van der Waals surface area contributed by atoms with Crippen molar-refractivity contribution in [2.45, 2.75) is 79.2 Å². The summed E-state index contributed by atoms with van der Waals surface area (Å²) < 4.78 is 6.56. The highest BCUT2D eigenvalue weighted by atomic mass is 32.3. The molecule has 0 N–H and O–H groups in total. The van der Waals surface area contributed by atoms with Gasteiger partial charge in [-0.15, -0.1) is 0 Å². The molecule has 4 aromatic rings. The summed E-state index contributed by atoms with van der Waals surface area (Å²) in [5.41, 5.74) is 0. The minimum atomic E-state index is -1.26. The molecule has 0 saturated heterocycles. The Hall–Kier alpha value is -2.45. The van der Waals surface area contributed by atoms with E-state index in [4.69, 9.17) is 4.74 Å². The Labute approximate surface area is 218 Å². The molecule has 2 heteroatoms. The van der Waals surface area contributed by atoms with Gasteiger partial charge in [0.25, 0.3) is 0 Å². The van der Waals surface area contributed by atoms with Gasteiger partial charge in [0, 0.05) is 15.2 Å². The van der Waals surface area contributed by atoms with E-state index in [0.29, 0.717) is 5.92 Å². The lowest BCUT2D eigenvalue weighted by atomic mass is 9.90. The number of benzene rings is 4. The Morgan fingerprint density at radius 1 is 0.611 bits per heavy atom. The van der Waals surface area contributed by atoms with Gasteiger partial charge in [-0.25, -0.2) is 0 Å². The minimum Gasteiger partial charge on any atom is -0.493 e. The summed E-state index contributed by atoms with van der Waals surface area (Å²) >= 11 is 0. The summed E-state index contributed by atoms with van der Waals surface area (Å²) in [6.45, 7) is 0.861. The Balaban J connectivity index is 1.48. The number of hydrogen-bond donors (Lipinski definition) is 0. The molecule has 0 amide bonds. The van der Waals surface area contributed by atoms with Gasteiger partial charge in [-0.3, -0.25) is 0 Å². The third-order valence-corrected chi connectivity index (χ3v) is 13.3. The van der Waals surface area contributed by atoms with Gasteiger partial charge in [-0.2, -0.15) is 10.0 Å². The number of fused-ring (bicyclic) bond motifs is 2. The molecule has 0 aliphatic heterocycles. The van der Waals surface area contributed by atoms with Crippen LogP contribution in [0.15, 0.2) is 88.7 Å². The fourth-order valence-corrected chi connectivity index (χ4v) is 11.1. The van der Waals surface area contributed by atoms with Crippen molar-refractivity contribution in [2.24, 2.45) is 5.92 Å².